The highest BCUT2D eigenvalue weighted by Crippen LogP contribution is 2.25. The fraction of sp³-hybridized carbons (Fsp3) is 0.429. The van der Waals surface area contributed by atoms with E-state index in [-0.39, 0.29) is 23.8 Å². The Morgan fingerprint density at radius 3 is 2.95 bits per heavy atom. The molecule has 0 radical (unpaired) electrons. The van der Waals surface area contributed by atoms with E-state index in [0.717, 1.165) is 30.0 Å². The van der Waals surface area contributed by atoms with Crippen LogP contribution in [0.1, 0.15) is 19.3 Å². The van der Waals surface area contributed by atoms with E-state index in [1.165, 1.54) is 12.1 Å². The summed E-state index contributed by atoms with van der Waals surface area (Å²) in [6.07, 6.45) is 2.96. The monoisotopic (exact) mass is 290 g/mol. The summed E-state index contributed by atoms with van der Waals surface area (Å²) in [5.74, 6) is -0.356. The number of carbonyl (C=O) groups excluding carboxylic acids is 1. The zero-order chi connectivity index (χ0) is 14.8. The van der Waals surface area contributed by atoms with E-state index in [4.69, 9.17) is 0 Å². The Balaban J connectivity index is 1.70. The van der Waals surface area contributed by atoms with Crippen LogP contribution < -0.4 is 10.9 Å². The first-order chi connectivity index (χ1) is 10.1. The molecule has 0 aliphatic heterocycles. The number of carbonyl (C=O) groups is 1. The average Bonchev–Trinajstić information content (AvgIpc) is 2.40. The molecule has 1 amide bonds. The van der Waals surface area contributed by atoms with Crippen LogP contribution in [0.5, 0.6) is 0 Å². The van der Waals surface area contributed by atoms with Gasteiger partial charge >= 0.3 is 0 Å². The van der Waals surface area contributed by atoms with E-state index < -0.39 is 11.4 Å². The summed E-state index contributed by atoms with van der Waals surface area (Å²) in [4.78, 5) is 23.8. The summed E-state index contributed by atoms with van der Waals surface area (Å²) >= 11 is 0. The number of hydrogen-bond donors (Lipinski definition) is 1. The molecule has 1 fully saturated rings. The number of fused-ring (bicyclic) bond motifs is 1. The molecule has 2 aromatic rings. The second kappa shape index (κ2) is 5.59. The summed E-state index contributed by atoms with van der Waals surface area (Å²) in [7, 11) is 0. The van der Waals surface area contributed by atoms with Crippen molar-refractivity contribution in [2.75, 3.05) is 6.54 Å². The van der Waals surface area contributed by atoms with E-state index in [1.807, 2.05) is 0 Å². The van der Waals surface area contributed by atoms with Crippen LogP contribution in [0, 0.1) is 11.7 Å². The van der Waals surface area contributed by atoms with Crippen molar-refractivity contribution in [2.45, 2.75) is 25.8 Å². The third kappa shape index (κ3) is 2.76. The van der Waals surface area contributed by atoms with Gasteiger partial charge in [0.05, 0.1) is 11.9 Å². The summed E-state index contributed by atoms with van der Waals surface area (Å²) in [5.41, 5.74) is -0.0476. The van der Waals surface area contributed by atoms with Crippen LogP contribution in [0.4, 0.5) is 4.39 Å². The van der Waals surface area contributed by atoms with Crippen LogP contribution in [0.2, 0.25) is 0 Å². The second-order valence-corrected chi connectivity index (χ2v) is 5.20. The largest absolute Gasteiger partial charge is 0.354 e. The molecular formula is C14H15FN4O2. The Bertz CT molecular complexity index is 739. The van der Waals surface area contributed by atoms with Gasteiger partial charge in [0.2, 0.25) is 5.91 Å². The molecule has 0 spiro atoms. The normalized spacial score (nSPS) is 14.9. The molecule has 3 rings (SSSR count). The van der Waals surface area contributed by atoms with Gasteiger partial charge in [-0.15, -0.1) is 5.10 Å². The highest BCUT2D eigenvalue weighted by molar-refractivity contribution is 5.79. The van der Waals surface area contributed by atoms with E-state index in [2.05, 4.69) is 15.6 Å². The summed E-state index contributed by atoms with van der Waals surface area (Å²) in [6.45, 7) is 0.529. The zero-order valence-corrected chi connectivity index (χ0v) is 11.4. The maximum Gasteiger partial charge on any atom is 0.277 e. The summed E-state index contributed by atoms with van der Waals surface area (Å²) < 4.78 is 14.3. The molecule has 1 heterocycles. The molecule has 0 saturated heterocycles. The number of nitrogens with one attached hydrogen (secondary N) is 1. The molecule has 6 nitrogen and oxygen atoms in total. The summed E-state index contributed by atoms with van der Waals surface area (Å²) in [6, 6.07) is 3.80. The Morgan fingerprint density at radius 2 is 2.24 bits per heavy atom. The van der Waals surface area contributed by atoms with Gasteiger partial charge in [-0.25, -0.2) is 9.07 Å². The van der Waals surface area contributed by atoms with Crippen molar-refractivity contribution in [1.29, 1.82) is 0 Å². The molecule has 0 unspecified atom stereocenters. The van der Waals surface area contributed by atoms with Crippen molar-refractivity contribution in [1.82, 2.24) is 20.3 Å². The minimum absolute atomic E-state index is 0.0223. The minimum atomic E-state index is -0.488. The van der Waals surface area contributed by atoms with Gasteiger partial charge in [-0.05, 0) is 31.0 Å². The maximum absolute atomic E-state index is 13.2. The molecule has 1 aromatic heterocycles. The molecule has 110 valence electrons. The molecule has 1 aliphatic rings. The van der Waals surface area contributed by atoms with E-state index in [9.17, 15) is 14.0 Å². The number of benzene rings is 1. The highest BCUT2D eigenvalue weighted by Gasteiger charge is 2.24. The SMILES string of the molecule is O=C(NCCn1nnc2ccc(F)cc2c1=O)C1CCC1. The maximum atomic E-state index is 13.2. The van der Waals surface area contributed by atoms with Gasteiger partial charge in [0.15, 0.2) is 0 Å². The molecule has 7 heteroatoms. The van der Waals surface area contributed by atoms with E-state index >= 15 is 0 Å². The first-order valence-electron chi connectivity index (χ1n) is 6.96. The number of aromatic nitrogens is 3. The highest BCUT2D eigenvalue weighted by atomic mass is 19.1. The third-order valence-corrected chi connectivity index (χ3v) is 3.78. The lowest BCUT2D eigenvalue weighted by Gasteiger charge is -2.23. The van der Waals surface area contributed by atoms with Crippen molar-refractivity contribution >= 4 is 16.8 Å². The predicted octanol–water partition coefficient (Wildman–Crippen LogP) is 0.847. The molecule has 1 aromatic carbocycles. The number of hydrogen-bond acceptors (Lipinski definition) is 4. The number of amides is 1. The van der Waals surface area contributed by atoms with Crippen molar-refractivity contribution in [3.63, 3.8) is 0 Å². The van der Waals surface area contributed by atoms with Crippen molar-refractivity contribution in [3.8, 4) is 0 Å². The Kier molecular flexibility index (Phi) is 3.64. The fourth-order valence-corrected chi connectivity index (χ4v) is 2.29. The van der Waals surface area contributed by atoms with Gasteiger partial charge in [-0.3, -0.25) is 9.59 Å². The zero-order valence-electron chi connectivity index (χ0n) is 11.4. The van der Waals surface area contributed by atoms with Gasteiger partial charge in [0, 0.05) is 12.5 Å². The Labute approximate surface area is 120 Å². The number of nitrogens with zero attached hydrogens (tertiary/aromatic N) is 3. The Hall–Kier alpha value is -2.31. The van der Waals surface area contributed by atoms with Crippen LogP contribution in [0.3, 0.4) is 0 Å². The third-order valence-electron chi connectivity index (χ3n) is 3.78. The number of halogens is 1. The predicted molar refractivity (Wildman–Crippen MR) is 74.1 cm³/mol. The van der Waals surface area contributed by atoms with E-state index in [1.54, 1.807) is 0 Å². The van der Waals surface area contributed by atoms with Crippen molar-refractivity contribution in [3.05, 3.63) is 34.4 Å². The van der Waals surface area contributed by atoms with Gasteiger partial charge in [-0.1, -0.05) is 11.6 Å². The molecule has 1 N–H and O–H groups in total. The van der Waals surface area contributed by atoms with Crippen LogP contribution in [-0.2, 0) is 11.3 Å². The molecule has 21 heavy (non-hydrogen) atoms. The quantitative estimate of drug-likeness (QED) is 0.905. The molecule has 1 saturated carbocycles. The van der Waals surface area contributed by atoms with Gasteiger partial charge < -0.3 is 5.32 Å². The van der Waals surface area contributed by atoms with Crippen molar-refractivity contribution < 1.29 is 9.18 Å². The minimum Gasteiger partial charge on any atom is -0.354 e. The molecule has 0 bridgehead atoms. The summed E-state index contributed by atoms with van der Waals surface area (Å²) in [5, 5.41) is 10.6. The lowest BCUT2D eigenvalue weighted by Crippen LogP contribution is -2.38. The first kappa shape index (κ1) is 13.7. The lowest BCUT2D eigenvalue weighted by molar-refractivity contribution is -0.127. The van der Waals surface area contributed by atoms with Crippen LogP contribution >= 0.6 is 0 Å². The van der Waals surface area contributed by atoms with Crippen LogP contribution in [0.15, 0.2) is 23.0 Å². The average molecular weight is 290 g/mol. The topological polar surface area (TPSA) is 76.9 Å². The smallest absolute Gasteiger partial charge is 0.277 e. The molecule has 1 aliphatic carbocycles. The van der Waals surface area contributed by atoms with Gasteiger partial charge in [-0.2, -0.15) is 0 Å². The van der Waals surface area contributed by atoms with Crippen molar-refractivity contribution in [2.24, 2.45) is 5.92 Å². The lowest BCUT2D eigenvalue weighted by atomic mass is 9.85. The number of rotatable bonds is 4. The van der Waals surface area contributed by atoms with Gasteiger partial charge in [0.1, 0.15) is 11.3 Å². The fourth-order valence-electron chi connectivity index (χ4n) is 2.29. The van der Waals surface area contributed by atoms with Gasteiger partial charge in [0.25, 0.3) is 5.56 Å². The van der Waals surface area contributed by atoms with Crippen LogP contribution in [0.25, 0.3) is 10.9 Å². The van der Waals surface area contributed by atoms with E-state index in [0.29, 0.717) is 12.1 Å². The van der Waals surface area contributed by atoms with Crippen LogP contribution in [-0.4, -0.2) is 27.4 Å². The molecule has 0 atom stereocenters. The first-order valence-corrected chi connectivity index (χ1v) is 6.96. The Morgan fingerprint density at radius 1 is 1.43 bits per heavy atom. The molecular weight excluding hydrogens is 275 g/mol. The standard InChI is InChI=1S/C14H15FN4O2/c15-10-4-5-12-11(8-10)14(21)19(18-17-12)7-6-16-13(20)9-2-1-3-9/h4-5,8-9H,1-3,6-7H2,(H,16,20). The second-order valence-electron chi connectivity index (χ2n) is 5.20.